The second-order valence-electron chi connectivity index (χ2n) is 5.49. The summed E-state index contributed by atoms with van der Waals surface area (Å²) in [6.07, 6.45) is 0. The molecular formula is C20H16N2O. The molecule has 0 heterocycles. The number of nitriles is 1. The van der Waals surface area contributed by atoms with Crippen LogP contribution in [0.4, 0.5) is 0 Å². The Kier molecular flexibility index (Phi) is 4.07. The van der Waals surface area contributed by atoms with E-state index in [4.69, 9.17) is 5.26 Å². The molecule has 23 heavy (non-hydrogen) atoms. The third kappa shape index (κ3) is 3.22. The number of hydrogen-bond donors (Lipinski definition) is 1. The van der Waals surface area contributed by atoms with Crippen molar-refractivity contribution in [1.29, 1.82) is 5.26 Å². The third-order valence-corrected chi connectivity index (χ3v) is 3.90. The molecule has 3 heteroatoms. The first-order valence-electron chi connectivity index (χ1n) is 7.47. The van der Waals surface area contributed by atoms with E-state index in [-0.39, 0.29) is 11.9 Å². The average Bonchev–Trinajstić information content (AvgIpc) is 2.61. The van der Waals surface area contributed by atoms with Crippen molar-refractivity contribution in [3.63, 3.8) is 0 Å². The zero-order chi connectivity index (χ0) is 16.2. The molecule has 0 aliphatic heterocycles. The van der Waals surface area contributed by atoms with E-state index in [2.05, 4.69) is 29.6 Å². The molecule has 0 aliphatic carbocycles. The Morgan fingerprint density at radius 2 is 1.70 bits per heavy atom. The van der Waals surface area contributed by atoms with Crippen LogP contribution in [0.15, 0.2) is 66.7 Å². The average molecular weight is 300 g/mol. The van der Waals surface area contributed by atoms with E-state index in [0.717, 1.165) is 10.9 Å². The van der Waals surface area contributed by atoms with Crippen molar-refractivity contribution in [3.8, 4) is 6.07 Å². The molecule has 0 spiro atoms. The molecule has 0 fully saturated rings. The highest BCUT2D eigenvalue weighted by molar-refractivity contribution is 5.94. The minimum Gasteiger partial charge on any atom is -0.346 e. The zero-order valence-corrected chi connectivity index (χ0v) is 12.8. The predicted molar refractivity (Wildman–Crippen MR) is 91.0 cm³/mol. The highest BCUT2D eigenvalue weighted by Crippen LogP contribution is 2.20. The van der Waals surface area contributed by atoms with Crippen LogP contribution in [0.2, 0.25) is 0 Å². The van der Waals surface area contributed by atoms with Gasteiger partial charge in [-0.15, -0.1) is 0 Å². The van der Waals surface area contributed by atoms with E-state index in [1.54, 1.807) is 24.3 Å². The van der Waals surface area contributed by atoms with Crippen molar-refractivity contribution in [3.05, 3.63) is 83.4 Å². The molecule has 3 aromatic carbocycles. The maximum atomic E-state index is 12.3. The third-order valence-electron chi connectivity index (χ3n) is 3.90. The van der Waals surface area contributed by atoms with Gasteiger partial charge in [0.2, 0.25) is 0 Å². The molecule has 1 amide bonds. The Morgan fingerprint density at radius 1 is 1.00 bits per heavy atom. The van der Waals surface area contributed by atoms with Gasteiger partial charge in [0, 0.05) is 5.56 Å². The SMILES string of the molecule is C[C@H](NC(=O)c1ccc(C#N)cc1)c1ccc2ccccc2c1. The minimum atomic E-state index is -0.143. The van der Waals surface area contributed by atoms with Crippen molar-refractivity contribution in [2.24, 2.45) is 0 Å². The van der Waals surface area contributed by atoms with Crippen molar-refractivity contribution < 1.29 is 4.79 Å². The van der Waals surface area contributed by atoms with Crippen LogP contribution >= 0.6 is 0 Å². The fourth-order valence-corrected chi connectivity index (χ4v) is 2.54. The molecule has 0 aliphatic rings. The molecule has 3 rings (SSSR count). The van der Waals surface area contributed by atoms with Crippen LogP contribution in [0, 0.1) is 11.3 Å². The lowest BCUT2D eigenvalue weighted by Crippen LogP contribution is -2.26. The van der Waals surface area contributed by atoms with Crippen molar-refractivity contribution in [2.75, 3.05) is 0 Å². The molecule has 0 radical (unpaired) electrons. The number of carbonyl (C=O) groups excluding carboxylic acids is 1. The molecule has 3 nitrogen and oxygen atoms in total. The highest BCUT2D eigenvalue weighted by Gasteiger charge is 2.11. The molecule has 3 aromatic rings. The Morgan fingerprint density at radius 3 is 2.39 bits per heavy atom. The molecule has 1 N–H and O–H groups in total. The molecule has 0 saturated heterocycles. The van der Waals surface area contributed by atoms with Crippen molar-refractivity contribution >= 4 is 16.7 Å². The summed E-state index contributed by atoms with van der Waals surface area (Å²) in [5, 5.41) is 14.1. The van der Waals surface area contributed by atoms with Gasteiger partial charge in [-0.1, -0.05) is 36.4 Å². The molecule has 0 saturated carbocycles. The first-order valence-corrected chi connectivity index (χ1v) is 7.47. The second-order valence-corrected chi connectivity index (χ2v) is 5.49. The summed E-state index contributed by atoms with van der Waals surface area (Å²) < 4.78 is 0. The van der Waals surface area contributed by atoms with E-state index in [9.17, 15) is 4.79 Å². The van der Waals surface area contributed by atoms with Gasteiger partial charge in [-0.2, -0.15) is 5.26 Å². The second kappa shape index (κ2) is 6.33. The van der Waals surface area contributed by atoms with Gasteiger partial charge < -0.3 is 5.32 Å². The number of hydrogen-bond acceptors (Lipinski definition) is 2. The molecule has 0 unspecified atom stereocenters. The maximum Gasteiger partial charge on any atom is 0.251 e. The van der Waals surface area contributed by atoms with Crippen LogP contribution in [0.1, 0.15) is 34.5 Å². The monoisotopic (exact) mass is 300 g/mol. The van der Waals surface area contributed by atoms with Gasteiger partial charge in [0.1, 0.15) is 0 Å². The molecular weight excluding hydrogens is 284 g/mol. The molecule has 0 bridgehead atoms. The summed E-state index contributed by atoms with van der Waals surface area (Å²) in [6, 6.07) is 22.9. The lowest BCUT2D eigenvalue weighted by atomic mass is 10.0. The summed E-state index contributed by atoms with van der Waals surface area (Å²) in [5.41, 5.74) is 2.16. The lowest BCUT2D eigenvalue weighted by Gasteiger charge is -2.15. The van der Waals surface area contributed by atoms with Crippen LogP contribution in [-0.2, 0) is 0 Å². The Balaban J connectivity index is 1.77. The summed E-state index contributed by atoms with van der Waals surface area (Å²) in [6.45, 7) is 1.96. The van der Waals surface area contributed by atoms with Gasteiger partial charge in [0.15, 0.2) is 0 Å². The lowest BCUT2D eigenvalue weighted by molar-refractivity contribution is 0.0940. The largest absolute Gasteiger partial charge is 0.346 e. The topological polar surface area (TPSA) is 52.9 Å². The number of fused-ring (bicyclic) bond motifs is 1. The van der Waals surface area contributed by atoms with Crippen molar-refractivity contribution in [2.45, 2.75) is 13.0 Å². The molecule has 0 aromatic heterocycles. The van der Waals surface area contributed by atoms with Gasteiger partial charge in [-0.25, -0.2) is 0 Å². The van der Waals surface area contributed by atoms with Gasteiger partial charge in [-0.3, -0.25) is 4.79 Å². The van der Waals surface area contributed by atoms with E-state index in [1.165, 1.54) is 5.39 Å². The molecule has 1 atom stereocenters. The first-order chi connectivity index (χ1) is 11.2. The van der Waals surface area contributed by atoms with E-state index < -0.39 is 0 Å². The van der Waals surface area contributed by atoms with Gasteiger partial charge in [0.25, 0.3) is 5.91 Å². The van der Waals surface area contributed by atoms with Crippen LogP contribution in [0.5, 0.6) is 0 Å². The number of rotatable bonds is 3. The Labute approximate surface area is 135 Å². The smallest absolute Gasteiger partial charge is 0.251 e. The Hall–Kier alpha value is -3.12. The number of amides is 1. The first kappa shape index (κ1) is 14.8. The predicted octanol–water partition coefficient (Wildman–Crippen LogP) is 4.20. The fourth-order valence-electron chi connectivity index (χ4n) is 2.54. The highest BCUT2D eigenvalue weighted by atomic mass is 16.1. The summed E-state index contributed by atoms with van der Waals surface area (Å²) in [5.74, 6) is -0.143. The Bertz CT molecular complexity index is 891. The number of nitrogens with zero attached hydrogens (tertiary/aromatic N) is 1. The summed E-state index contributed by atoms with van der Waals surface area (Å²) >= 11 is 0. The fraction of sp³-hybridized carbons (Fsp3) is 0.100. The van der Waals surface area contributed by atoms with Gasteiger partial charge in [-0.05, 0) is 53.6 Å². The number of carbonyl (C=O) groups is 1. The van der Waals surface area contributed by atoms with Crippen LogP contribution in [0.3, 0.4) is 0 Å². The number of nitrogens with one attached hydrogen (secondary N) is 1. The van der Waals surface area contributed by atoms with Crippen LogP contribution < -0.4 is 5.32 Å². The summed E-state index contributed by atoms with van der Waals surface area (Å²) in [4.78, 5) is 12.3. The maximum absolute atomic E-state index is 12.3. The van der Waals surface area contributed by atoms with Gasteiger partial charge in [0.05, 0.1) is 17.7 Å². The van der Waals surface area contributed by atoms with E-state index in [1.807, 2.05) is 31.2 Å². The van der Waals surface area contributed by atoms with Crippen LogP contribution in [-0.4, -0.2) is 5.91 Å². The standard InChI is InChI=1S/C20H16N2O/c1-14(18-11-10-16-4-2-3-5-19(16)12-18)22-20(23)17-8-6-15(13-21)7-9-17/h2-12,14H,1H3,(H,22,23)/t14-/m0/s1. The van der Waals surface area contributed by atoms with Crippen LogP contribution in [0.25, 0.3) is 10.8 Å². The van der Waals surface area contributed by atoms with Gasteiger partial charge >= 0.3 is 0 Å². The minimum absolute atomic E-state index is 0.0947. The zero-order valence-electron chi connectivity index (χ0n) is 12.8. The normalized spacial score (nSPS) is 11.7. The quantitative estimate of drug-likeness (QED) is 0.788. The van der Waals surface area contributed by atoms with Crippen molar-refractivity contribution in [1.82, 2.24) is 5.32 Å². The molecule has 112 valence electrons. The van der Waals surface area contributed by atoms with E-state index >= 15 is 0 Å². The number of benzene rings is 3. The summed E-state index contributed by atoms with van der Waals surface area (Å²) in [7, 11) is 0. The van der Waals surface area contributed by atoms with E-state index in [0.29, 0.717) is 11.1 Å².